The molecule has 1 fully saturated rings. The number of thiazole rings is 1. The lowest BCUT2D eigenvalue weighted by atomic mass is 10.2. The number of aromatic nitrogens is 3. The van der Waals surface area contributed by atoms with Crippen LogP contribution >= 0.6 is 27.3 Å². The third kappa shape index (κ3) is 2.97. The number of carbonyl (C=O) groups is 1. The summed E-state index contributed by atoms with van der Waals surface area (Å²) in [6, 6.07) is 11.9. The summed E-state index contributed by atoms with van der Waals surface area (Å²) in [6.45, 7) is 4.82. The number of pyridine rings is 1. The number of imidazole rings is 1. The molecule has 1 saturated heterocycles. The topological polar surface area (TPSA) is 53.7 Å². The predicted molar refractivity (Wildman–Crippen MR) is 115 cm³/mol. The van der Waals surface area contributed by atoms with Gasteiger partial charge in [-0.1, -0.05) is 33.3 Å². The molecule has 4 aromatic rings. The van der Waals surface area contributed by atoms with Gasteiger partial charge in [0.25, 0.3) is 5.91 Å². The Morgan fingerprint density at radius 2 is 1.93 bits per heavy atom. The molecule has 1 aliphatic rings. The van der Waals surface area contributed by atoms with Crippen molar-refractivity contribution in [2.75, 3.05) is 31.1 Å². The number of carbonyl (C=O) groups excluding carboxylic acids is 1. The van der Waals surface area contributed by atoms with Gasteiger partial charge in [0.2, 0.25) is 0 Å². The van der Waals surface area contributed by atoms with E-state index in [-0.39, 0.29) is 5.91 Å². The molecule has 8 heteroatoms. The molecule has 6 nitrogen and oxygen atoms in total. The van der Waals surface area contributed by atoms with Gasteiger partial charge in [-0.3, -0.25) is 9.20 Å². The number of benzene rings is 1. The number of anilines is 1. The van der Waals surface area contributed by atoms with Crippen molar-refractivity contribution >= 4 is 54.2 Å². The molecule has 142 valence electrons. The Kier molecular flexibility index (Phi) is 4.32. The summed E-state index contributed by atoms with van der Waals surface area (Å²) in [7, 11) is 0. The van der Waals surface area contributed by atoms with Gasteiger partial charge in [-0.15, -0.1) is 0 Å². The molecular formula is C20H18BrN5OS. The second-order valence-electron chi connectivity index (χ2n) is 6.86. The summed E-state index contributed by atoms with van der Waals surface area (Å²) in [5.41, 5.74) is 3.26. The van der Waals surface area contributed by atoms with Gasteiger partial charge in [-0.25, -0.2) is 9.97 Å². The SMILES string of the molecule is Cc1nc2ccccn2c1C(=O)N1CCN(c2nc3ccc(Br)cc3s2)CC1. The van der Waals surface area contributed by atoms with Gasteiger partial charge in [0.1, 0.15) is 11.3 Å². The lowest BCUT2D eigenvalue weighted by Crippen LogP contribution is -2.49. The van der Waals surface area contributed by atoms with E-state index in [9.17, 15) is 4.79 Å². The fourth-order valence-corrected chi connectivity index (χ4v) is 5.21. The standard InChI is InChI=1S/C20H18BrN5OS/c1-13-18(26-7-3-2-4-17(26)22-13)19(27)24-8-10-25(11-9-24)20-23-15-6-5-14(21)12-16(15)28-20/h2-7,12H,8-11H2,1H3. The van der Waals surface area contributed by atoms with Crippen molar-refractivity contribution in [2.24, 2.45) is 0 Å². The molecule has 1 aromatic carbocycles. The van der Waals surface area contributed by atoms with Gasteiger partial charge in [0.05, 0.1) is 15.9 Å². The Morgan fingerprint density at radius 3 is 2.75 bits per heavy atom. The molecule has 1 amide bonds. The minimum Gasteiger partial charge on any atom is -0.345 e. The maximum atomic E-state index is 13.1. The predicted octanol–water partition coefficient (Wildman–Crippen LogP) is 3.98. The van der Waals surface area contributed by atoms with Crippen LogP contribution in [-0.4, -0.2) is 51.4 Å². The van der Waals surface area contributed by atoms with E-state index in [0.717, 1.165) is 39.6 Å². The van der Waals surface area contributed by atoms with E-state index in [1.54, 1.807) is 11.3 Å². The Hall–Kier alpha value is -2.45. The van der Waals surface area contributed by atoms with Crippen LogP contribution in [0.25, 0.3) is 15.9 Å². The first-order valence-corrected chi connectivity index (χ1v) is 10.7. The van der Waals surface area contributed by atoms with E-state index in [4.69, 9.17) is 4.98 Å². The Labute approximate surface area is 174 Å². The summed E-state index contributed by atoms with van der Waals surface area (Å²) < 4.78 is 4.12. The van der Waals surface area contributed by atoms with E-state index in [0.29, 0.717) is 18.8 Å². The number of amides is 1. The van der Waals surface area contributed by atoms with E-state index >= 15 is 0 Å². The summed E-state index contributed by atoms with van der Waals surface area (Å²) in [5, 5.41) is 1.02. The normalized spacial score (nSPS) is 14.9. The summed E-state index contributed by atoms with van der Waals surface area (Å²) >= 11 is 5.21. The van der Waals surface area contributed by atoms with Crippen LogP contribution in [0.2, 0.25) is 0 Å². The van der Waals surface area contributed by atoms with Crippen LogP contribution in [0, 0.1) is 6.92 Å². The number of halogens is 1. The number of rotatable bonds is 2. The Bertz CT molecular complexity index is 1190. The molecule has 5 rings (SSSR count). The van der Waals surface area contributed by atoms with Crippen molar-refractivity contribution in [1.29, 1.82) is 0 Å². The summed E-state index contributed by atoms with van der Waals surface area (Å²) in [6.07, 6.45) is 1.90. The van der Waals surface area contributed by atoms with Crippen LogP contribution in [0.15, 0.2) is 47.1 Å². The molecule has 4 heterocycles. The quantitative estimate of drug-likeness (QED) is 0.458. The van der Waals surface area contributed by atoms with Crippen molar-refractivity contribution in [3.05, 3.63) is 58.5 Å². The molecule has 0 aliphatic carbocycles. The third-order valence-corrected chi connectivity index (χ3v) is 6.66. The third-order valence-electron chi connectivity index (χ3n) is 5.08. The average Bonchev–Trinajstić information content (AvgIpc) is 3.27. The molecule has 0 unspecified atom stereocenters. The number of aryl methyl sites for hydroxylation is 1. The average molecular weight is 456 g/mol. The highest BCUT2D eigenvalue weighted by Gasteiger charge is 2.27. The highest BCUT2D eigenvalue weighted by atomic mass is 79.9. The van der Waals surface area contributed by atoms with E-state index < -0.39 is 0 Å². The van der Waals surface area contributed by atoms with E-state index in [2.05, 4.69) is 31.9 Å². The molecule has 0 spiro atoms. The smallest absolute Gasteiger partial charge is 0.272 e. The second-order valence-corrected chi connectivity index (χ2v) is 8.79. The lowest BCUT2D eigenvalue weighted by Gasteiger charge is -2.34. The fraction of sp³-hybridized carbons (Fsp3) is 0.250. The highest BCUT2D eigenvalue weighted by Crippen LogP contribution is 2.31. The van der Waals surface area contributed by atoms with Crippen LogP contribution in [0.4, 0.5) is 5.13 Å². The van der Waals surface area contributed by atoms with Gasteiger partial charge in [-0.2, -0.15) is 0 Å². The van der Waals surface area contributed by atoms with Crippen molar-refractivity contribution in [1.82, 2.24) is 19.3 Å². The first kappa shape index (κ1) is 17.6. The van der Waals surface area contributed by atoms with Gasteiger partial charge in [0.15, 0.2) is 5.13 Å². The first-order chi connectivity index (χ1) is 13.6. The number of hydrogen-bond acceptors (Lipinski definition) is 5. The van der Waals surface area contributed by atoms with Gasteiger partial charge >= 0.3 is 0 Å². The maximum Gasteiger partial charge on any atom is 0.272 e. The van der Waals surface area contributed by atoms with Crippen LogP contribution in [0.1, 0.15) is 16.2 Å². The van der Waals surface area contributed by atoms with Crippen molar-refractivity contribution in [3.8, 4) is 0 Å². The van der Waals surface area contributed by atoms with Gasteiger partial charge in [0, 0.05) is 36.8 Å². The first-order valence-electron chi connectivity index (χ1n) is 9.14. The second kappa shape index (κ2) is 6.86. The number of nitrogens with zero attached hydrogens (tertiary/aromatic N) is 5. The summed E-state index contributed by atoms with van der Waals surface area (Å²) in [4.78, 5) is 26.6. The molecule has 0 saturated carbocycles. The zero-order valence-electron chi connectivity index (χ0n) is 15.3. The monoisotopic (exact) mass is 455 g/mol. The molecule has 0 radical (unpaired) electrons. The Morgan fingerprint density at radius 1 is 1.11 bits per heavy atom. The number of piperazine rings is 1. The van der Waals surface area contributed by atoms with Crippen LogP contribution in [-0.2, 0) is 0 Å². The highest BCUT2D eigenvalue weighted by molar-refractivity contribution is 9.10. The van der Waals surface area contributed by atoms with Crippen molar-refractivity contribution in [3.63, 3.8) is 0 Å². The maximum absolute atomic E-state index is 13.1. The summed E-state index contributed by atoms with van der Waals surface area (Å²) in [5.74, 6) is 0.0454. The van der Waals surface area contributed by atoms with Crippen LogP contribution < -0.4 is 4.90 Å². The Balaban J connectivity index is 1.34. The fourth-order valence-electron chi connectivity index (χ4n) is 3.64. The number of hydrogen-bond donors (Lipinski definition) is 0. The van der Waals surface area contributed by atoms with Crippen LogP contribution in [0.3, 0.4) is 0 Å². The molecule has 0 N–H and O–H groups in total. The molecule has 3 aromatic heterocycles. The molecular weight excluding hydrogens is 438 g/mol. The minimum atomic E-state index is 0.0454. The lowest BCUT2D eigenvalue weighted by molar-refractivity contribution is 0.0739. The van der Waals surface area contributed by atoms with Crippen molar-refractivity contribution in [2.45, 2.75) is 6.92 Å². The van der Waals surface area contributed by atoms with E-state index in [1.165, 1.54) is 4.70 Å². The zero-order chi connectivity index (χ0) is 19.3. The molecule has 1 aliphatic heterocycles. The van der Waals surface area contributed by atoms with Crippen molar-refractivity contribution < 1.29 is 4.79 Å². The van der Waals surface area contributed by atoms with Gasteiger partial charge in [-0.05, 0) is 37.3 Å². The minimum absolute atomic E-state index is 0.0454. The number of fused-ring (bicyclic) bond motifs is 2. The molecule has 0 bridgehead atoms. The zero-order valence-corrected chi connectivity index (χ0v) is 17.7. The van der Waals surface area contributed by atoms with Crippen LogP contribution in [0.5, 0.6) is 0 Å². The van der Waals surface area contributed by atoms with E-state index in [1.807, 2.05) is 52.8 Å². The molecule has 28 heavy (non-hydrogen) atoms. The largest absolute Gasteiger partial charge is 0.345 e. The van der Waals surface area contributed by atoms with Gasteiger partial charge < -0.3 is 9.80 Å². The molecule has 0 atom stereocenters.